The molecule has 1 fully saturated rings. The summed E-state index contributed by atoms with van der Waals surface area (Å²) in [4.78, 5) is 11.2. The SMILES string of the molecule is CCOc1ccc(S(=O)(=O)N2CCC[C@H]2C(=O)O)cc1Br. The molecule has 0 spiro atoms. The minimum Gasteiger partial charge on any atom is -0.493 e. The molecule has 8 heteroatoms. The molecular weight excluding hydrogens is 362 g/mol. The highest BCUT2D eigenvalue weighted by molar-refractivity contribution is 9.10. The van der Waals surface area contributed by atoms with Crippen LogP contribution in [0.3, 0.4) is 0 Å². The Morgan fingerprint density at radius 1 is 1.52 bits per heavy atom. The first kappa shape index (κ1) is 16.3. The quantitative estimate of drug-likeness (QED) is 0.848. The molecule has 116 valence electrons. The van der Waals surface area contributed by atoms with Crippen molar-refractivity contribution in [2.45, 2.75) is 30.7 Å². The van der Waals surface area contributed by atoms with Crippen molar-refractivity contribution in [1.82, 2.24) is 4.31 Å². The van der Waals surface area contributed by atoms with E-state index in [1.54, 1.807) is 6.07 Å². The first-order chi connectivity index (χ1) is 9.87. The minimum atomic E-state index is -3.82. The molecule has 1 aliphatic rings. The maximum Gasteiger partial charge on any atom is 0.322 e. The van der Waals surface area contributed by atoms with Gasteiger partial charge < -0.3 is 9.84 Å². The number of hydrogen-bond donors (Lipinski definition) is 1. The monoisotopic (exact) mass is 377 g/mol. The van der Waals surface area contributed by atoms with Gasteiger partial charge in [0.2, 0.25) is 10.0 Å². The fourth-order valence-electron chi connectivity index (χ4n) is 2.32. The van der Waals surface area contributed by atoms with E-state index in [0.29, 0.717) is 29.7 Å². The van der Waals surface area contributed by atoms with Gasteiger partial charge in [0.15, 0.2) is 0 Å². The molecule has 1 N–H and O–H groups in total. The zero-order chi connectivity index (χ0) is 15.6. The number of aliphatic carboxylic acids is 1. The lowest BCUT2D eigenvalue weighted by molar-refractivity contribution is -0.140. The molecule has 2 rings (SSSR count). The van der Waals surface area contributed by atoms with E-state index in [9.17, 15) is 13.2 Å². The van der Waals surface area contributed by atoms with Gasteiger partial charge in [0.25, 0.3) is 0 Å². The molecule has 0 radical (unpaired) electrons. The Hall–Kier alpha value is -1.12. The van der Waals surface area contributed by atoms with Crippen molar-refractivity contribution < 1.29 is 23.1 Å². The first-order valence-corrected chi connectivity index (χ1v) is 8.78. The average Bonchev–Trinajstić information content (AvgIpc) is 2.91. The van der Waals surface area contributed by atoms with Gasteiger partial charge in [0, 0.05) is 6.54 Å². The van der Waals surface area contributed by atoms with E-state index in [1.165, 1.54) is 12.1 Å². The molecule has 1 aromatic rings. The van der Waals surface area contributed by atoms with Gasteiger partial charge in [0.1, 0.15) is 11.8 Å². The molecule has 1 saturated heterocycles. The van der Waals surface area contributed by atoms with Crippen LogP contribution in [-0.4, -0.2) is 43.0 Å². The summed E-state index contributed by atoms with van der Waals surface area (Å²) in [7, 11) is -3.82. The van der Waals surface area contributed by atoms with Crippen molar-refractivity contribution in [3.05, 3.63) is 22.7 Å². The summed E-state index contributed by atoms with van der Waals surface area (Å²) >= 11 is 3.27. The van der Waals surface area contributed by atoms with Crippen LogP contribution in [0.25, 0.3) is 0 Å². The molecular formula is C13H16BrNO5S. The van der Waals surface area contributed by atoms with Crippen LogP contribution in [0.2, 0.25) is 0 Å². The summed E-state index contributed by atoms with van der Waals surface area (Å²) in [6.07, 6.45) is 0.890. The summed E-state index contributed by atoms with van der Waals surface area (Å²) in [6.45, 7) is 2.53. The molecule has 0 aliphatic carbocycles. The second-order valence-electron chi connectivity index (χ2n) is 4.64. The number of hydrogen-bond acceptors (Lipinski definition) is 4. The highest BCUT2D eigenvalue weighted by Gasteiger charge is 2.39. The number of rotatable bonds is 5. The third kappa shape index (κ3) is 3.22. The van der Waals surface area contributed by atoms with E-state index in [0.717, 1.165) is 4.31 Å². The first-order valence-electron chi connectivity index (χ1n) is 6.55. The van der Waals surface area contributed by atoms with Crippen LogP contribution in [0.15, 0.2) is 27.6 Å². The van der Waals surface area contributed by atoms with Crippen molar-refractivity contribution >= 4 is 31.9 Å². The number of benzene rings is 1. The van der Waals surface area contributed by atoms with Crippen molar-refractivity contribution in [3.63, 3.8) is 0 Å². The molecule has 1 atom stereocenters. The van der Waals surface area contributed by atoms with E-state index < -0.39 is 22.0 Å². The Kier molecular flexibility index (Phi) is 4.90. The number of carboxylic acids is 1. The van der Waals surface area contributed by atoms with Gasteiger partial charge in [-0.1, -0.05) is 0 Å². The normalized spacial score (nSPS) is 19.6. The average molecular weight is 378 g/mol. The number of carboxylic acid groups (broad SMARTS) is 1. The summed E-state index contributed by atoms with van der Waals surface area (Å²) in [5.41, 5.74) is 0. The number of carbonyl (C=O) groups is 1. The van der Waals surface area contributed by atoms with Gasteiger partial charge in [0.05, 0.1) is 16.0 Å². The Morgan fingerprint density at radius 2 is 2.24 bits per heavy atom. The van der Waals surface area contributed by atoms with Crippen LogP contribution in [0.4, 0.5) is 0 Å². The molecule has 6 nitrogen and oxygen atoms in total. The zero-order valence-electron chi connectivity index (χ0n) is 11.5. The van der Waals surface area contributed by atoms with E-state index >= 15 is 0 Å². The van der Waals surface area contributed by atoms with E-state index in [4.69, 9.17) is 9.84 Å². The lowest BCUT2D eigenvalue weighted by Gasteiger charge is -2.21. The van der Waals surface area contributed by atoms with Crippen LogP contribution >= 0.6 is 15.9 Å². The van der Waals surface area contributed by atoms with Gasteiger partial charge in [-0.15, -0.1) is 0 Å². The number of sulfonamides is 1. The van der Waals surface area contributed by atoms with E-state index in [1.807, 2.05) is 6.92 Å². The Bertz CT molecular complexity index is 646. The smallest absolute Gasteiger partial charge is 0.322 e. The van der Waals surface area contributed by atoms with Crippen molar-refractivity contribution in [1.29, 1.82) is 0 Å². The van der Waals surface area contributed by atoms with Crippen LogP contribution in [0.1, 0.15) is 19.8 Å². The molecule has 0 unspecified atom stereocenters. The summed E-state index contributed by atoms with van der Waals surface area (Å²) < 4.78 is 32.1. The van der Waals surface area contributed by atoms with Crippen LogP contribution in [0, 0.1) is 0 Å². The van der Waals surface area contributed by atoms with Crippen molar-refractivity contribution in [3.8, 4) is 5.75 Å². The molecule has 0 amide bonds. The number of nitrogens with zero attached hydrogens (tertiary/aromatic N) is 1. The van der Waals surface area contributed by atoms with Gasteiger partial charge in [-0.2, -0.15) is 4.31 Å². The van der Waals surface area contributed by atoms with Crippen LogP contribution < -0.4 is 4.74 Å². The second-order valence-corrected chi connectivity index (χ2v) is 7.38. The summed E-state index contributed by atoms with van der Waals surface area (Å²) in [5.74, 6) is -0.561. The van der Waals surface area contributed by atoms with Crippen LogP contribution in [-0.2, 0) is 14.8 Å². The highest BCUT2D eigenvalue weighted by Crippen LogP contribution is 2.31. The maximum atomic E-state index is 12.6. The van der Waals surface area contributed by atoms with Crippen molar-refractivity contribution in [2.24, 2.45) is 0 Å². The maximum absolute atomic E-state index is 12.6. The zero-order valence-corrected chi connectivity index (χ0v) is 13.9. The highest BCUT2D eigenvalue weighted by atomic mass is 79.9. The predicted octanol–water partition coefficient (Wildman–Crippen LogP) is 2.09. The summed E-state index contributed by atoms with van der Waals surface area (Å²) in [5, 5.41) is 9.13. The lowest BCUT2D eigenvalue weighted by Crippen LogP contribution is -2.40. The third-order valence-corrected chi connectivity index (χ3v) is 5.82. The van der Waals surface area contributed by atoms with E-state index in [2.05, 4.69) is 15.9 Å². The van der Waals surface area contributed by atoms with Crippen molar-refractivity contribution in [2.75, 3.05) is 13.2 Å². The molecule has 1 aliphatic heterocycles. The Labute approximate surface area is 131 Å². The lowest BCUT2D eigenvalue weighted by atomic mass is 10.2. The largest absolute Gasteiger partial charge is 0.493 e. The Morgan fingerprint density at radius 3 is 2.81 bits per heavy atom. The molecule has 21 heavy (non-hydrogen) atoms. The molecule has 0 aromatic heterocycles. The standard InChI is InChI=1S/C13H16BrNO5S/c1-2-20-12-6-5-9(8-10(12)14)21(18,19)15-7-3-4-11(15)13(16)17/h5-6,8,11H,2-4,7H2,1H3,(H,16,17)/t11-/m0/s1. The van der Waals surface area contributed by atoms with Gasteiger partial charge in [-0.25, -0.2) is 8.42 Å². The van der Waals surface area contributed by atoms with Crippen LogP contribution in [0.5, 0.6) is 5.75 Å². The second kappa shape index (κ2) is 6.33. The number of halogens is 1. The predicted molar refractivity (Wildman–Crippen MR) is 79.9 cm³/mol. The minimum absolute atomic E-state index is 0.0611. The van der Waals surface area contributed by atoms with Gasteiger partial charge >= 0.3 is 5.97 Å². The Balaban J connectivity index is 2.35. The fraction of sp³-hybridized carbons (Fsp3) is 0.462. The molecule has 1 heterocycles. The number of ether oxygens (including phenoxy) is 1. The molecule has 0 bridgehead atoms. The van der Waals surface area contributed by atoms with Gasteiger partial charge in [-0.05, 0) is 53.9 Å². The molecule has 0 saturated carbocycles. The summed E-state index contributed by atoms with van der Waals surface area (Å²) in [6, 6.07) is 3.45. The molecule has 1 aromatic carbocycles. The van der Waals surface area contributed by atoms with E-state index in [-0.39, 0.29) is 11.4 Å². The van der Waals surface area contributed by atoms with Gasteiger partial charge in [-0.3, -0.25) is 4.79 Å². The third-order valence-electron chi connectivity index (χ3n) is 3.30. The topological polar surface area (TPSA) is 83.9 Å². The fourth-order valence-corrected chi connectivity index (χ4v) is 4.65.